The summed E-state index contributed by atoms with van der Waals surface area (Å²) < 4.78 is 2.18. The van der Waals surface area contributed by atoms with Crippen LogP contribution in [-0.2, 0) is 0 Å². The van der Waals surface area contributed by atoms with Gasteiger partial charge in [-0.2, -0.15) is 0 Å². The van der Waals surface area contributed by atoms with E-state index in [2.05, 4.69) is 23.7 Å². The lowest BCUT2D eigenvalue weighted by molar-refractivity contribution is 0.0945. The summed E-state index contributed by atoms with van der Waals surface area (Å²) >= 11 is 0. The van der Waals surface area contributed by atoms with Crippen LogP contribution < -0.4 is 5.32 Å². The number of rotatable bonds is 7. The second-order valence-electron chi connectivity index (χ2n) is 7.15. The highest BCUT2D eigenvalue weighted by Crippen LogP contribution is 2.22. The Hall–Kier alpha value is -2.07. The minimum atomic E-state index is -0.409. The van der Waals surface area contributed by atoms with Gasteiger partial charge < -0.3 is 15.0 Å². The van der Waals surface area contributed by atoms with Crippen molar-refractivity contribution >= 4 is 5.91 Å². The molecule has 0 aliphatic rings. The molecule has 4 nitrogen and oxygen atoms in total. The largest absolute Gasteiger partial charge is 0.393 e. The van der Waals surface area contributed by atoms with Crippen LogP contribution in [0.5, 0.6) is 0 Å². The van der Waals surface area contributed by atoms with Gasteiger partial charge in [-0.3, -0.25) is 4.79 Å². The van der Waals surface area contributed by atoms with E-state index in [1.165, 1.54) is 0 Å². The van der Waals surface area contributed by atoms with Gasteiger partial charge in [0.2, 0.25) is 0 Å². The number of benzene rings is 1. The van der Waals surface area contributed by atoms with Gasteiger partial charge in [-0.25, -0.2) is 0 Å². The fourth-order valence-electron chi connectivity index (χ4n) is 3.59. The van der Waals surface area contributed by atoms with E-state index >= 15 is 0 Å². The Morgan fingerprint density at radius 1 is 1.16 bits per heavy atom. The van der Waals surface area contributed by atoms with Gasteiger partial charge in [0.1, 0.15) is 0 Å². The molecule has 2 unspecified atom stereocenters. The number of aryl methyl sites for hydroxylation is 1. The van der Waals surface area contributed by atoms with E-state index in [1.54, 1.807) is 6.92 Å². The minimum Gasteiger partial charge on any atom is -0.393 e. The van der Waals surface area contributed by atoms with Crippen molar-refractivity contribution in [1.29, 1.82) is 0 Å². The molecule has 25 heavy (non-hydrogen) atoms. The number of aromatic nitrogens is 1. The molecule has 1 heterocycles. The van der Waals surface area contributed by atoms with Crippen LogP contribution in [-0.4, -0.2) is 28.2 Å². The van der Waals surface area contributed by atoms with Crippen molar-refractivity contribution in [3.63, 3.8) is 0 Å². The molecule has 2 atom stereocenters. The van der Waals surface area contributed by atoms with Crippen molar-refractivity contribution in [3.05, 3.63) is 58.9 Å². The SMILES string of the molecule is Cc1cc(C(=O)NCC(CC(C)O)c2ccccc2)c(C)n1C(C)C. The van der Waals surface area contributed by atoms with Crippen LogP contribution in [0.3, 0.4) is 0 Å². The normalized spacial score (nSPS) is 13.7. The maximum absolute atomic E-state index is 12.7. The molecule has 0 aliphatic heterocycles. The molecule has 0 spiro atoms. The van der Waals surface area contributed by atoms with E-state index in [0.29, 0.717) is 19.0 Å². The van der Waals surface area contributed by atoms with Gasteiger partial charge in [-0.05, 0) is 52.7 Å². The third-order valence-electron chi connectivity index (χ3n) is 4.65. The van der Waals surface area contributed by atoms with Gasteiger partial charge in [-0.15, -0.1) is 0 Å². The molecule has 0 saturated heterocycles. The van der Waals surface area contributed by atoms with Crippen molar-refractivity contribution in [3.8, 4) is 0 Å². The summed E-state index contributed by atoms with van der Waals surface area (Å²) in [7, 11) is 0. The topological polar surface area (TPSA) is 54.3 Å². The highest BCUT2D eigenvalue weighted by Gasteiger charge is 2.19. The average Bonchev–Trinajstić information content (AvgIpc) is 2.86. The second-order valence-corrected chi connectivity index (χ2v) is 7.15. The Balaban J connectivity index is 2.13. The monoisotopic (exact) mass is 342 g/mol. The van der Waals surface area contributed by atoms with Crippen molar-refractivity contribution in [2.24, 2.45) is 0 Å². The molecule has 2 rings (SSSR count). The number of carbonyl (C=O) groups is 1. The van der Waals surface area contributed by atoms with Gasteiger partial charge in [-0.1, -0.05) is 30.3 Å². The van der Waals surface area contributed by atoms with Gasteiger partial charge in [0.05, 0.1) is 11.7 Å². The highest BCUT2D eigenvalue weighted by molar-refractivity contribution is 5.95. The zero-order valence-electron chi connectivity index (χ0n) is 15.9. The lowest BCUT2D eigenvalue weighted by Gasteiger charge is -2.20. The Kier molecular flexibility index (Phi) is 6.43. The molecule has 4 heteroatoms. The van der Waals surface area contributed by atoms with Crippen molar-refractivity contribution in [1.82, 2.24) is 9.88 Å². The number of carbonyl (C=O) groups excluding carboxylic acids is 1. The zero-order chi connectivity index (χ0) is 18.6. The van der Waals surface area contributed by atoms with Crippen LogP contribution in [0.2, 0.25) is 0 Å². The molecular weight excluding hydrogens is 312 g/mol. The molecule has 0 saturated carbocycles. The first-order chi connectivity index (χ1) is 11.8. The number of amides is 1. The molecule has 1 aromatic heterocycles. The Morgan fingerprint density at radius 3 is 2.32 bits per heavy atom. The van der Waals surface area contributed by atoms with E-state index in [-0.39, 0.29) is 11.8 Å². The zero-order valence-corrected chi connectivity index (χ0v) is 15.9. The van der Waals surface area contributed by atoms with E-state index in [4.69, 9.17) is 0 Å². The standard InChI is InChI=1S/C21H30N2O2/c1-14(2)23-15(3)11-20(17(23)5)21(25)22-13-19(12-16(4)24)18-9-7-6-8-10-18/h6-11,14,16,19,24H,12-13H2,1-5H3,(H,22,25). The van der Waals surface area contributed by atoms with Crippen LogP contribution in [0.4, 0.5) is 0 Å². The predicted molar refractivity (Wildman–Crippen MR) is 102 cm³/mol. The van der Waals surface area contributed by atoms with E-state index in [9.17, 15) is 9.90 Å². The van der Waals surface area contributed by atoms with Gasteiger partial charge in [0, 0.05) is 29.9 Å². The Morgan fingerprint density at radius 2 is 1.80 bits per heavy atom. The molecule has 0 radical (unpaired) electrons. The maximum Gasteiger partial charge on any atom is 0.253 e. The molecule has 1 amide bonds. The first-order valence-electron chi connectivity index (χ1n) is 9.00. The van der Waals surface area contributed by atoms with E-state index < -0.39 is 6.10 Å². The smallest absolute Gasteiger partial charge is 0.253 e. The fourth-order valence-corrected chi connectivity index (χ4v) is 3.59. The molecule has 1 aromatic carbocycles. The summed E-state index contributed by atoms with van der Waals surface area (Å²) in [6.45, 7) is 10.6. The summed E-state index contributed by atoms with van der Waals surface area (Å²) in [5.41, 5.74) is 3.96. The molecule has 0 fully saturated rings. The number of nitrogens with one attached hydrogen (secondary N) is 1. The number of hydrogen-bond acceptors (Lipinski definition) is 2. The summed E-state index contributed by atoms with van der Waals surface area (Å²) in [5, 5.41) is 12.9. The number of aliphatic hydroxyl groups excluding tert-OH is 1. The fraction of sp³-hybridized carbons (Fsp3) is 0.476. The third-order valence-corrected chi connectivity index (χ3v) is 4.65. The number of hydrogen-bond donors (Lipinski definition) is 2. The van der Waals surface area contributed by atoms with Gasteiger partial charge >= 0.3 is 0 Å². The highest BCUT2D eigenvalue weighted by atomic mass is 16.3. The van der Waals surface area contributed by atoms with Crippen LogP contribution in [0, 0.1) is 13.8 Å². The van der Waals surface area contributed by atoms with Crippen LogP contribution in [0.1, 0.15) is 66.5 Å². The Bertz CT molecular complexity index is 702. The molecule has 2 aromatic rings. The second kappa shape index (κ2) is 8.34. The third kappa shape index (κ3) is 4.73. The molecule has 2 N–H and O–H groups in total. The van der Waals surface area contributed by atoms with Crippen molar-refractivity contribution < 1.29 is 9.90 Å². The minimum absolute atomic E-state index is 0.0495. The lowest BCUT2D eigenvalue weighted by atomic mass is 9.93. The number of aliphatic hydroxyl groups is 1. The van der Waals surface area contributed by atoms with E-state index in [0.717, 1.165) is 22.5 Å². The van der Waals surface area contributed by atoms with Gasteiger partial charge in [0.25, 0.3) is 5.91 Å². The van der Waals surface area contributed by atoms with Crippen molar-refractivity contribution in [2.45, 2.75) is 59.1 Å². The lowest BCUT2D eigenvalue weighted by Crippen LogP contribution is -2.30. The number of nitrogens with zero attached hydrogens (tertiary/aromatic N) is 1. The summed E-state index contributed by atoms with van der Waals surface area (Å²) in [5.74, 6) is 0.0465. The molecule has 136 valence electrons. The molecular formula is C21H30N2O2. The first-order valence-corrected chi connectivity index (χ1v) is 9.00. The maximum atomic E-state index is 12.7. The summed E-state index contributed by atoms with van der Waals surface area (Å²) in [6, 6.07) is 12.3. The predicted octanol–water partition coefficient (Wildman–Crippen LogP) is 3.97. The molecule has 0 aliphatic carbocycles. The van der Waals surface area contributed by atoms with E-state index in [1.807, 2.05) is 50.2 Å². The summed E-state index contributed by atoms with van der Waals surface area (Å²) in [6.07, 6.45) is 0.211. The first kappa shape index (κ1) is 19.3. The molecule has 0 bridgehead atoms. The average molecular weight is 342 g/mol. The quantitative estimate of drug-likeness (QED) is 0.800. The van der Waals surface area contributed by atoms with Crippen LogP contribution in [0.25, 0.3) is 0 Å². The van der Waals surface area contributed by atoms with Crippen LogP contribution in [0.15, 0.2) is 36.4 Å². The summed E-state index contributed by atoms with van der Waals surface area (Å²) in [4.78, 5) is 12.7. The van der Waals surface area contributed by atoms with Crippen molar-refractivity contribution in [2.75, 3.05) is 6.54 Å². The Labute approximate surface area is 150 Å². The van der Waals surface area contributed by atoms with Crippen LogP contribution >= 0.6 is 0 Å². The van der Waals surface area contributed by atoms with Gasteiger partial charge in [0.15, 0.2) is 0 Å².